The van der Waals surface area contributed by atoms with Crippen LogP contribution in [0.5, 0.6) is 0 Å². The highest BCUT2D eigenvalue weighted by Gasteiger charge is 2.11. The molecule has 0 radical (unpaired) electrons. The fourth-order valence-corrected chi connectivity index (χ4v) is 2.40. The van der Waals surface area contributed by atoms with E-state index in [-0.39, 0.29) is 5.56 Å². The highest BCUT2D eigenvalue weighted by molar-refractivity contribution is 7.09. The summed E-state index contributed by atoms with van der Waals surface area (Å²) in [5.74, 6) is -0.928. The summed E-state index contributed by atoms with van der Waals surface area (Å²) in [6.07, 6.45) is 2.41. The minimum absolute atomic E-state index is 0.269. The van der Waals surface area contributed by atoms with Gasteiger partial charge in [0.15, 0.2) is 0 Å². The van der Waals surface area contributed by atoms with Crippen LogP contribution in [0.15, 0.2) is 11.7 Å². The Kier molecular flexibility index (Phi) is 3.23. The first-order chi connectivity index (χ1) is 8.08. The zero-order valence-electron chi connectivity index (χ0n) is 9.67. The lowest BCUT2D eigenvalue weighted by Gasteiger charge is -1.99. The van der Waals surface area contributed by atoms with Crippen LogP contribution in [0.2, 0.25) is 0 Å². The van der Waals surface area contributed by atoms with Gasteiger partial charge in [-0.15, -0.1) is 11.3 Å². The smallest absolute Gasteiger partial charge is 0.339 e. The molecule has 0 amide bonds. The van der Waals surface area contributed by atoms with Gasteiger partial charge in [0.2, 0.25) is 0 Å². The molecule has 2 aromatic rings. The van der Waals surface area contributed by atoms with Crippen LogP contribution in [0.25, 0.3) is 0 Å². The van der Waals surface area contributed by atoms with E-state index in [1.54, 1.807) is 29.1 Å². The van der Waals surface area contributed by atoms with E-state index in [1.807, 2.05) is 12.4 Å². The number of rotatable bonds is 4. The van der Waals surface area contributed by atoms with Crippen molar-refractivity contribution in [1.82, 2.24) is 14.8 Å². The van der Waals surface area contributed by atoms with Crippen LogP contribution in [0.1, 0.15) is 26.6 Å². The summed E-state index contributed by atoms with van der Waals surface area (Å²) in [4.78, 5) is 16.3. The van der Waals surface area contributed by atoms with E-state index in [0.717, 1.165) is 12.1 Å². The van der Waals surface area contributed by atoms with Gasteiger partial charge in [-0.05, 0) is 13.8 Å². The number of aromatic nitrogens is 3. The minimum atomic E-state index is -0.928. The maximum atomic E-state index is 10.9. The fourth-order valence-electron chi connectivity index (χ4n) is 1.62. The SMILES string of the molecule is Cc1nn(CCc2scnc2C)cc1C(=O)O. The average Bonchev–Trinajstić information content (AvgIpc) is 2.82. The molecule has 0 aliphatic carbocycles. The number of thiazole rings is 1. The van der Waals surface area contributed by atoms with Gasteiger partial charge < -0.3 is 5.11 Å². The first kappa shape index (κ1) is 11.8. The van der Waals surface area contributed by atoms with E-state index in [2.05, 4.69) is 10.1 Å². The number of nitrogens with zero attached hydrogens (tertiary/aromatic N) is 3. The molecule has 6 heteroatoms. The second-order valence-corrected chi connectivity index (χ2v) is 4.75. The predicted molar refractivity (Wildman–Crippen MR) is 64.5 cm³/mol. The van der Waals surface area contributed by atoms with Crippen LogP contribution in [-0.4, -0.2) is 25.8 Å². The molecule has 2 heterocycles. The molecule has 2 aromatic heterocycles. The van der Waals surface area contributed by atoms with Gasteiger partial charge >= 0.3 is 5.97 Å². The van der Waals surface area contributed by atoms with Gasteiger partial charge in [0.1, 0.15) is 5.56 Å². The molecule has 0 atom stereocenters. The Labute approximate surface area is 103 Å². The lowest BCUT2D eigenvalue weighted by molar-refractivity contribution is 0.0696. The molecule has 0 saturated heterocycles. The van der Waals surface area contributed by atoms with E-state index in [1.165, 1.54) is 4.88 Å². The highest BCUT2D eigenvalue weighted by Crippen LogP contribution is 2.14. The largest absolute Gasteiger partial charge is 0.478 e. The zero-order chi connectivity index (χ0) is 12.4. The van der Waals surface area contributed by atoms with Gasteiger partial charge in [-0.2, -0.15) is 5.10 Å². The fraction of sp³-hybridized carbons (Fsp3) is 0.364. The molecule has 0 aromatic carbocycles. The zero-order valence-corrected chi connectivity index (χ0v) is 10.5. The van der Waals surface area contributed by atoms with E-state index >= 15 is 0 Å². The maximum Gasteiger partial charge on any atom is 0.339 e. The second kappa shape index (κ2) is 4.67. The Hall–Kier alpha value is -1.69. The number of aromatic carboxylic acids is 1. The highest BCUT2D eigenvalue weighted by atomic mass is 32.1. The molecule has 17 heavy (non-hydrogen) atoms. The summed E-state index contributed by atoms with van der Waals surface area (Å²) in [6.45, 7) is 4.36. The van der Waals surface area contributed by atoms with Crippen molar-refractivity contribution in [3.8, 4) is 0 Å². The number of aryl methyl sites for hydroxylation is 4. The van der Waals surface area contributed by atoms with Crippen molar-refractivity contribution in [2.24, 2.45) is 0 Å². The Morgan fingerprint density at radius 2 is 2.24 bits per heavy atom. The first-order valence-electron chi connectivity index (χ1n) is 5.24. The molecule has 0 spiro atoms. The van der Waals surface area contributed by atoms with Crippen LogP contribution in [0, 0.1) is 13.8 Å². The summed E-state index contributed by atoms with van der Waals surface area (Å²) >= 11 is 1.62. The quantitative estimate of drug-likeness (QED) is 0.901. The monoisotopic (exact) mass is 251 g/mol. The number of carbonyl (C=O) groups is 1. The molecule has 0 aliphatic rings. The lowest BCUT2D eigenvalue weighted by atomic mass is 10.3. The molecular weight excluding hydrogens is 238 g/mol. The van der Waals surface area contributed by atoms with Gasteiger partial charge in [-0.1, -0.05) is 0 Å². The van der Waals surface area contributed by atoms with Crippen molar-refractivity contribution in [3.05, 3.63) is 33.5 Å². The van der Waals surface area contributed by atoms with E-state index in [9.17, 15) is 4.79 Å². The van der Waals surface area contributed by atoms with Crippen molar-refractivity contribution in [1.29, 1.82) is 0 Å². The Morgan fingerprint density at radius 1 is 1.47 bits per heavy atom. The molecule has 1 N–H and O–H groups in total. The van der Waals surface area contributed by atoms with Crippen LogP contribution in [0.4, 0.5) is 0 Å². The molecule has 0 unspecified atom stereocenters. The summed E-state index contributed by atoms with van der Waals surface area (Å²) < 4.78 is 1.68. The van der Waals surface area contributed by atoms with Crippen molar-refractivity contribution in [2.45, 2.75) is 26.8 Å². The summed E-state index contributed by atoms with van der Waals surface area (Å²) in [5.41, 5.74) is 3.68. The van der Waals surface area contributed by atoms with Gasteiger partial charge in [0, 0.05) is 24.0 Å². The molecule has 0 fully saturated rings. The molecule has 90 valence electrons. The number of hydrogen-bond donors (Lipinski definition) is 1. The number of carboxylic acid groups (broad SMARTS) is 1. The molecule has 0 aliphatic heterocycles. The normalized spacial score (nSPS) is 10.7. The van der Waals surface area contributed by atoms with Gasteiger partial charge in [0.05, 0.1) is 16.9 Å². The van der Waals surface area contributed by atoms with Crippen LogP contribution in [0.3, 0.4) is 0 Å². The maximum absolute atomic E-state index is 10.9. The van der Waals surface area contributed by atoms with Crippen molar-refractivity contribution >= 4 is 17.3 Å². The number of hydrogen-bond acceptors (Lipinski definition) is 4. The number of carboxylic acids is 1. The standard InChI is InChI=1S/C11H13N3O2S/c1-7-9(11(15)16)5-14(13-7)4-3-10-8(2)12-6-17-10/h5-6H,3-4H2,1-2H3,(H,15,16). The van der Waals surface area contributed by atoms with Crippen LogP contribution < -0.4 is 0 Å². The van der Waals surface area contributed by atoms with E-state index in [0.29, 0.717) is 12.2 Å². The third kappa shape index (κ3) is 2.52. The Bertz CT molecular complexity index is 545. The molecule has 0 saturated carbocycles. The predicted octanol–water partition coefficient (Wildman–Crippen LogP) is 1.90. The molecule has 0 bridgehead atoms. The Balaban J connectivity index is 2.07. The lowest BCUT2D eigenvalue weighted by Crippen LogP contribution is -2.02. The summed E-state index contributed by atoms with van der Waals surface area (Å²) in [5, 5.41) is 13.1. The van der Waals surface area contributed by atoms with Crippen molar-refractivity contribution in [2.75, 3.05) is 0 Å². The van der Waals surface area contributed by atoms with Crippen LogP contribution >= 0.6 is 11.3 Å². The third-order valence-electron chi connectivity index (χ3n) is 2.59. The van der Waals surface area contributed by atoms with E-state index < -0.39 is 5.97 Å². The summed E-state index contributed by atoms with van der Waals surface area (Å²) in [7, 11) is 0. The van der Waals surface area contributed by atoms with Crippen molar-refractivity contribution in [3.63, 3.8) is 0 Å². The summed E-state index contributed by atoms with van der Waals surface area (Å²) in [6, 6.07) is 0. The topological polar surface area (TPSA) is 68.0 Å². The second-order valence-electron chi connectivity index (χ2n) is 3.81. The van der Waals surface area contributed by atoms with Gasteiger partial charge in [-0.25, -0.2) is 9.78 Å². The first-order valence-corrected chi connectivity index (χ1v) is 6.12. The van der Waals surface area contributed by atoms with E-state index in [4.69, 9.17) is 5.11 Å². The third-order valence-corrected chi connectivity index (χ3v) is 3.58. The van der Waals surface area contributed by atoms with Gasteiger partial charge in [0.25, 0.3) is 0 Å². The minimum Gasteiger partial charge on any atom is -0.478 e. The van der Waals surface area contributed by atoms with Crippen molar-refractivity contribution < 1.29 is 9.90 Å². The molecular formula is C11H13N3O2S. The molecule has 2 rings (SSSR count). The molecule has 5 nitrogen and oxygen atoms in total. The Morgan fingerprint density at radius 3 is 2.76 bits per heavy atom. The average molecular weight is 251 g/mol. The van der Waals surface area contributed by atoms with Crippen LogP contribution in [-0.2, 0) is 13.0 Å². The van der Waals surface area contributed by atoms with Gasteiger partial charge in [-0.3, -0.25) is 4.68 Å².